The van der Waals surface area contributed by atoms with E-state index in [4.69, 9.17) is 20.6 Å². The van der Waals surface area contributed by atoms with E-state index in [9.17, 15) is 18.4 Å². The van der Waals surface area contributed by atoms with Crippen molar-refractivity contribution in [2.75, 3.05) is 14.2 Å². The molecule has 3 aromatic heterocycles. The summed E-state index contributed by atoms with van der Waals surface area (Å²) in [5.41, 5.74) is 4.87. The lowest BCUT2D eigenvalue weighted by atomic mass is 10.00. The number of carbonyl (C=O) groups is 1. The van der Waals surface area contributed by atoms with Crippen molar-refractivity contribution < 1.29 is 24.5 Å². The first kappa shape index (κ1) is 27.5. The van der Waals surface area contributed by atoms with Gasteiger partial charge in [0.2, 0.25) is 0 Å². The molecule has 3 aromatic rings. The van der Waals surface area contributed by atoms with Gasteiger partial charge in [0, 0.05) is 30.9 Å². The van der Waals surface area contributed by atoms with E-state index >= 15 is 0 Å². The average molecular weight is 555 g/mol. The Balaban J connectivity index is 0.00000441. The molecular formula is C26H24F2N6O4S. The fraction of sp³-hybridized carbons (Fsp3) is 0.231. The number of methoxy groups -OCH3 is 2. The lowest BCUT2D eigenvalue weighted by molar-refractivity contribution is 0.100. The van der Waals surface area contributed by atoms with E-state index in [1.165, 1.54) is 37.1 Å². The highest BCUT2D eigenvalue weighted by Crippen LogP contribution is 2.35. The number of nitrogens with one attached hydrogen (secondary N) is 1. The molecule has 0 aromatic carbocycles. The molecule has 1 amide bonds. The third kappa shape index (κ3) is 6.47. The molecule has 1 fully saturated rings. The van der Waals surface area contributed by atoms with Crippen molar-refractivity contribution in [1.29, 1.82) is 5.41 Å². The van der Waals surface area contributed by atoms with E-state index in [0.717, 1.165) is 43.1 Å². The number of carbonyl (C=O) groups excluding carboxylic acids is 1. The van der Waals surface area contributed by atoms with Crippen LogP contribution < -0.4 is 20.8 Å². The Labute approximate surface area is 227 Å². The topological polar surface area (TPSA) is 146 Å². The van der Waals surface area contributed by atoms with E-state index < -0.39 is 23.6 Å². The van der Waals surface area contributed by atoms with Crippen LogP contribution in [0.25, 0.3) is 16.9 Å². The van der Waals surface area contributed by atoms with E-state index in [0.29, 0.717) is 0 Å². The van der Waals surface area contributed by atoms with Gasteiger partial charge in [-0.25, -0.2) is 13.8 Å². The number of alkyl halides is 2. The summed E-state index contributed by atoms with van der Waals surface area (Å²) < 4.78 is 38.6. The normalized spacial score (nSPS) is 13.0. The summed E-state index contributed by atoms with van der Waals surface area (Å²) in [4.78, 5) is 37.8. The summed E-state index contributed by atoms with van der Waals surface area (Å²) in [5.74, 6) is 5.23. The molecule has 202 valence electrons. The molecule has 1 aliphatic rings. The summed E-state index contributed by atoms with van der Waals surface area (Å²) in [7, 11) is 2.66. The van der Waals surface area contributed by atoms with Crippen LogP contribution in [0.4, 0.5) is 8.78 Å². The van der Waals surface area contributed by atoms with Crippen LogP contribution in [0.15, 0.2) is 52.6 Å². The number of hydrogen-bond donors (Lipinski definition) is 2. The average Bonchev–Trinajstić information content (AvgIpc) is 3.76. The van der Waals surface area contributed by atoms with Gasteiger partial charge in [0.05, 0.1) is 26.0 Å². The predicted molar refractivity (Wildman–Crippen MR) is 145 cm³/mol. The Morgan fingerprint density at radius 3 is 2.64 bits per heavy atom. The SMILES string of the molecule is COc1cnc(C(F)F)cc1-c1cc(-n2cccc(OC)c2=O)ncc1C(=O)N=C(N)SC(=N)C#CC1CC1.[HH]. The summed E-state index contributed by atoms with van der Waals surface area (Å²) in [6.45, 7) is 0. The summed E-state index contributed by atoms with van der Waals surface area (Å²) in [5, 5.41) is 7.62. The van der Waals surface area contributed by atoms with Crippen LogP contribution in [0.5, 0.6) is 11.5 Å². The molecule has 0 spiro atoms. The van der Waals surface area contributed by atoms with E-state index in [1.54, 1.807) is 6.07 Å². The van der Waals surface area contributed by atoms with Crippen molar-refractivity contribution in [1.82, 2.24) is 14.5 Å². The molecule has 3 heterocycles. The minimum absolute atomic E-state index is 0. The molecule has 0 bridgehead atoms. The van der Waals surface area contributed by atoms with E-state index in [-0.39, 0.29) is 51.6 Å². The summed E-state index contributed by atoms with van der Waals surface area (Å²) in [6, 6.07) is 5.48. The predicted octanol–water partition coefficient (Wildman–Crippen LogP) is 4.07. The van der Waals surface area contributed by atoms with Gasteiger partial charge in [-0.15, -0.1) is 0 Å². The lowest BCUT2D eigenvalue weighted by Crippen LogP contribution is -2.20. The minimum Gasteiger partial charge on any atom is -0.494 e. The standard InChI is InChI=1S/C26H22F2N6O4S.H2/c1-37-19-4-3-9-34(25(19)36)22-11-15(16-10-18(23(27)28)31-13-20(16)38-2)17(12-32-22)24(35)33-26(30)39-21(29)8-7-14-5-6-14;/h3-4,9-14,23,29H,5-6H2,1-2H3,(H2,30,33,35);1H. The number of amidine groups is 1. The zero-order valence-corrected chi connectivity index (χ0v) is 21.6. The molecule has 0 aliphatic heterocycles. The maximum atomic E-state index is 13.5. The number of rotatable bonds is 6. The molecule has 3 N–H and O–H groups in total. The van der Waals surface area contributed by atoms with Gasteiger partial charge in [-0.2, -0.15) is 4.99 Å². The zero-order valence-electron chi connectivity index (χ0n) is 20.8. The number of pyridine rings is 3. The smallest absolute Gasteiger partial charge is 0.298 e. The molecular weight excluding hydrogens is 530 g/mol. The number of aromatic nitrogens is 3. The number of thioether (sulfide) groups is 1. The van der Waals surface area contributed by atoms with Gasteiger partial charge in [0.25, 0.3) is 17.9 Å². The fourth-order valence-electron chi connectivity index (χ4n) is 3.44. The Morgan fingerprint density at radius 1 is 1.23 bits per heavy atom. The van der Waals surface area contributed by atoms with Crippen LogP contribution in [0.1, 0.15) is 36.7 Å². The number of ether oxygens (including phenoxy) is 2. The first-order valence-corrected chi connectivity index (χ1v) is 12.3. The first-order chi connectivity index (χ1) is 18.7. The van der Waals surface area contributed by atoms with Gasteiger partial charge in [-0.05, 0) is 54.8 Å². The summed E-state index contributed by atoms with van der Waals surface area (Å²) in [6.07, 6.45) is 2.78. The third-order valence-electron chi connectivity index (χ3n) is 5.51. The number of nitrogens with zero attached hydrogens (tertiary/aromatic N) is 4. The largest absolute Gasteiger partial charge is 0.494 e. The molecule has 0 radical (unpaired) electrons. The molecule has 39 heavy (non-hydrogen) atoms. The second kappa shape index (κ2) is 11.9. The van der Waals surface area contributed by atoms with Crippen molar-refractivity contribution in [3.05, 3.63) is 64.5 Å². The number of halogens is 2. The van der Waals surface area contributed by atoms with Gasteiger partial charge in [0.1, 0.15) is 22.3 Å². The monoisotopic (exact) mass is 554 g/mol. The van der Waals surface area contributed by atoms with Crippen molar-refractivity contribution in [3.8, 4) is 40.3 Å². The highest BCUT2D eigenvalue weighted by Gasteiger charge is 2.22. The number of amides is 1. The van der Waals surface area contributed by atoms with Gasteiger partial charge in [-0.1, -0.05) is 5.92 Å². The van der Waals surface area contributed by atoms with Gasteiger partial charge in [0.15, 0.2) is 10.9 Å². The van der Waals surface area contributed by atoms with E-state index in [2.05, 4.69) is 26.8 Å². The Kier molecular flexibility index (Phi) is 8.36. The minimum atomic E-state index is -2.90. The third-order valence-corrected chi connectivity index (χ3v) is 6.11. The van der Waals surface area contributed by atoms with E-state index in [1.807, 2.05) is 0 Å². The van der Waals surface area contributed by atoms with Crippen LogP contribution in [0.2, 0.25) is 0 Å². The Morgan fingerprint density at radius 2 is 1.97 bits per heavy atom. The van der Waals surface area contributed by atoms with Gasteiger partial charge < -0.3 is 15.2 Å². The van der Waals surface area contributed by atoms with Gasteiger partial charge >= 0.3 is 0 Å². The quantitative estimate of drug-likeness (QED) is 0.263. The number of hydrogen-bond acceptors (Lipinski definition) is 8. The number of aliphatic imine (C=N–C) groups is 1. The fourth-order valence-corrected chi connectivity index (χ4v) is 3.89. The first-order valence-electron chi connectivity index (χ1n) is 11.5. The zero-order chi connectivity index (χ0) is 28.1. The molecule has 4 rings (SSSR count). The van der Waals surface area contributed by atoms with Crippen LogP contribution >= 0.6 is 11.8 Å². The van der Waals surface area contributed by atoms with Crippen molar-refractivity contribution >= 4 is 27.9 Å². The number of nitrogens with two attached hydrogens (primary N) is 1. The van der Waals surface area contributed by atoms with Crippen LogP contribution in [0, 0.1) is 23.2 Å². The molecule has 1 aliphatic carbocycles. The lowest BCUT2D eigenvalue weighted by Gasteiger charge is -2.15. The maximum absolute atomic E-state index is 13.5. The molecule has 0 atom stereocenters. The Hall–Kier alpha value is -4.57. The van der Waals surface area contributed by atoms with Crippen molar-refractivity contribution in [2.45, 2.75) is 19.3 Å². The highest BCUT2D eigenvalue weighted by atomic mass is 32.2. The van der Waals surface area contributed by atoms with Crippen LogP contribution in [0.3, 0.4) is 0 Å². The second-order valence-electron chi connectivity index (χ2n) is 8.18. The van der Waals surface area contributed by atoms with Crippen molar-refractivity contribution in [2.24, 2.45) is 16.6 Å². The van der Waals surface area contributed by atoms with Gasteiger partial charge in [-0.3, -0.25) is 24.5 Å². The Bertz CT molecular complexity index is 1600. The second-order valence-corrected chi connectivity index (χ2v) is 9.21. The molecule has 1 saturated carbocycles. The summed E-state index contributed by atoms with van der Waals surface area (Å²) >= 11 is 0.717. The molecule has 0 saturated heterocycles. The van der Waals surface area contributed by atoms with Crippen LogP contribution in [-0.2, 0) is 0 Å². The maximum Gasteiger partial charge on any atom is 0.298 e. The molecule has 13 heteroatoms. The molecule has 10 nitrogen and oxygen atoms in total. The molecule has 0 unspecified atom stereocenters. The van der Waals surface area contributed by atoms with Crippen molar-refractivity contribution in [3.63, 3.8) is 0 Å². The van der Waals surface area contributed by atoms with Crippen LogP contribution in [-0.4, -0.2) is 44.9 Å². The highest BCUT2D eigenvalue weighted by molar-refractivity contribution is 8.26.